The molecule has 11 nitrogen and oxygen atoms in total. The van der Waals surface area contributed by atoms with Crippen molar-refractivity contribution >= 4 is 50.5 Å². The predicted molar refractivity (Wildman–Crippen MR) is 112 cm³/mol. The number of non-ortho nitro benzene ring substituents is 1. The van der Waals surface area contributed by atoms with Crippen molar-refractivity contribution in [1.82, 2.24) is 5.43 Å². The molecule has 12 heteroatoms. The fraction of sp³-hybridized carbons (Fsp3) is 0.167. The van der Waals surface area contributed by atoms with E-state index in [0.717, 1.165) is 22.7 Å². The molecule has 0 heterocycles. The van der Waals surface area contributed by atoms with Crippen LogP contribution in [0.25, 0.3) is 0 Å². The summed E-state index contributed by atoms with van der Waals surface area (Å²) in [4.78, 5) is 44.4. The standard InChI is InChI=1S/C18H16BrN5O6/c1-11(7-17(25)20-14-4-2-3-13(19)9-14)21-22-18(26)8-12-5-6-15(23(27)28)10-16(12)24(29)30/h2-6,9-10H,7-8H2,1H3,(H,20,25)(H,22,26)/b21-11-. The third-order valence-corrected chi connectivity index (χ3v) is 4.22. The van der Waals surface area contributed by atoms with Gasteiger partial charge < -0.3 is 5.32 Å². The van der Waals surface area contributed by atoms with Crippen LogP contribution in [0.15, 0.2) is 52.0 Å². The van der Waals surface area contributed by atoms with Crippen LogP contribution in [0.1, 0.15) is 18.9 Å². The van der Waals surface area contributed by atoms with Crippen molar-refractivity contribution in [1.29, 1.82) is 0 Å². The van der Waals surface area contributed by atoms with Gasteiger partial charge in [0.05, 0.1) is 28.8 Å². The number of carbonyl (C=O) groups is 2. The van der Waals surface area contributed by atoms with Crippen LogP contribution in [0.3, 0.4) is 0 Å². The molecule has 2 aromatic carbocycles. The molecule has 0 radical (unpaired) electrons. The number of nitrogens with one attached hydrogen (secondary N) is 2. The molecule has 0 aliphatic heterocycles. The summed E-state index contributed by atoms with van der Waals surface area (Å²) in [6.07, 6.45) is -0.486. The third-order valence-electron chi connectivity index (χ3n) is 3.72. The minimum Gasteiger partial charge on any atom is -0.326 e. The highest BCUT2D eigenvalue weighted by Gasteiger charge is 2.21. The van der Waals surface area contributed by atoms with Gasteiger partial charge in [0.25, 0.3) is 11.4 Å². The molecule has 0 spiro atoms. The highest BCUT2D eigenvalue weighted by atomic mass is 79.9. The number of carbonyl (C=O) groups excluding carboxylic acids is 2. The Morgan fingerprint density at radius 2 is 1.80 bits per heavy atom. The van der Waals surface area contributed by atoms with Gasteiger partial charge in [0.1, 0.15) is 0 Å². The van der Waals surface area contributed by atoms with Crippen molar-refractivity contribution in [3.05, 3.63) is 72.7 Å². The highest BCUT2D eigenvalue weighted by molar-refractivity contribution is 9.10. The normalized spacial score (nSPS) is 10.9. The van der Waals surface area contributed by atoms with Gasteiger partial charge in [-0.05, 0) is 31.2 Å². The number of nitro benzene ring substituents is 2. The number of nitro groups is 2. The topological polar surface area (TPSA) is 157 Å². The van der Waals surface area contributed by atoms with Crippen LogP contribution in [0.2, 0.25) is 0 Å². The molecule has 0 bridgehead atoms. The van der Waals surface area contributed by atoms with E-state index in [2.05, 4.69) is 31.8 Å². The second-order valence-electron chi connectivity index (χ2n) is 6.12. The number of halogens is 1. The van der Waals surface area contributed by atoms with Gasteiger partial charge in [0.15, 0.2) is 0 Å². The number of nitrogens with zero attached hydrogens (tertiary/aromatic N) is 3. The molecule has 156 valence electrons. The number of rotatable bonds is 8. The van der Waals surface area contributed by atoms with Crippen LogP contribution in [0.4, 0.5) is 17.1 Å². The molecule has 2 amide bonds. The molecule has 0 unspecified atom stereocenters. The first-order valence-corrected chi connectivity index (χ1v) is 9.24. The number of hydrazone groups is 1. The van der Waals surface area contributed by atoms with Crippen LogP contribution in [0, 0.1) is 20.2 Å². The van der Waals surface area contributed by atoms with Gasteiger partial charge in [-0.1, -0.05) is 22.0 Å². The Morgan fingerprint density at radius 3 is 2.43 bits per heavy atom. The van der Waals surface area contributed by atoms with Gasteiger partial charge in [0, 0.05) is 27.5 Å². The number of anilines is 1. The van der Waals surface area contributed by atoms with Gasteiger partial charge in [-0.15, -0.1) is 0 Å². The molecule has 0 fully saturated rings. The van der Waals surface area contributed by atoms with Crippen molar-refractivity contribution in [3.8, 4) is 0 Å². The maximum Gasteiger partial charge on any atom is 0.279 e. The lowest BCUT2D eigenvalue weighted by atomic mass is 10.1. The zero-order chi connectivity index (χ0) is 22.3. The molecule has 0 saturated carbocycles. The van der Waals surface area contributed by atoms with E-state index < -0.39 is 33.5 Å². The van der Waals surface area contributed by atoms with Gasteiger partial charge in [-0.3, -0.25) is 29.8 Å². The summed E-state index contributed by atoms with van der Waals surface area (Å²) < 4.78 is 0.804. The molecule has 2 aromatic rings. The van der Waals surface area contributed by atoms with E-state index in [9.17, 15) is 29.8 Å². The lowest BCUT2D eigenvalue weighted by molar-refractivity contribution is -0.394. The minimum absolute atomic E-state index is 0.00310. The van der Waals surface area contributed by atoms with E-state index in [1.54, 1.807) is 18.2 Å². The van der Waals surface area contributed by atoms with Crippen molar-refractivity contribution in [2.45, 2.75) is 19.8 Å². The fourth-order valence-corrected chi connectivity index (χ4v) is 2.80. The van der Waals surface area contributed by atoms with Crippen molar-refractivity contribution < 1.29 is 19.4 Å². The lowest BCUT2D eigenvalue weighted by Crippen LogP contribution is -2.23. The van der Waals surface area contributed by atoms with Gasteiger partial charge in [-0.2, -0.15) is 5.10 Å². The Kier molecular flexibility index (Phi) is 7.69. The summed E-state index contributed by atoms with van der Waals surface area (Å²) in [5.74, 6) is -1.01. The highest BCUT2D eigenvalue weighted by Crippen LogP contribution is 2.25. The van der Waals surface area contributed by atoms with Crippen LogP contribution in [0.5, 0.6) is 0 Å². The van der Waals surface area contributed by atoms with Crippen LogP contribution in [-0.2, 0) is 16.0 Å². The smallest absolute Gasteiger partial charge is 0.279 e. The summed E-state index contributed by atoms with van der Waals surface area (Å²) in [7, 11) is 0. The molecule has 2 rings (SSSR count). The Bertz CT molecular complexity index is 1040. The fourth-order valence-electron chi connectivity index (χ4n) is 2.40. The zero-order valence-electron chi connectivity index (χ0n) is 15.6. The summed E-state index contributed by atoms with van der Waals surface area (Å²) in [6.45, 7) is 1.54. The Balaban J connectivity index is 1.96. The van der Waals surface area contributed by atoms with E-state index in [4.69, 9.17) is 0 Å². The van der Waals surface area contributed by atoms with Crippen molar-refractivity contribution in [2.24, 2.45) is 5.10 Å². The van der Waals surface area contributed by atoms with E-state index in [1.807, 2.05) is 6.07 Å². The third kappa shape index (κ3) is 6.74. The zero-order valence-corrected chi connectivity index (χ0v) is 17.2. The number of hydrogen-bond acceptors (Lipinski definition) is 7. The molecule has 0 atom stereocenters. The molecule has 2 N–H and O–H groups in total. The molecule has 0 aromatic heterocycles. The quantitative estimate of drug-likeness (QED) is 0.337. The van der Waals surface area contributed by atoms with Crippen LogP contribution < -0.4 is 10.7 Å². The predicted octanol–water partition coefficient (Wildman–Crippen LogP) is 3.33. The molecule has 0 aliphatic carbocycles. The Morgan fingerprint density at radius 1 is 1.07 bits per heavy atom. The number of benzene rings is 2. The summed E-state index contributed by atoms with van der Waals surface area (Å²) >= 11 is 3.30. The van der Waals surface area contributed by atoms with Crippen LogP contribution >= 0.6 is 15.9 Å². The molecule has 0 aliphatic rings. The SMILES string of the molecule is C/C(CC(=O)Nc1cccc(Br)c1)=N/NC(=O)Cc1ccc([N+](=O)[O-])cc1[N+](=O)[O-]. The van der Waals surface area contributed by atoms with E-state index in [0.29, 0.717) is 11.4 Å². The Hall–Kier alpha value is -3.67. The first-order valence-electron chi connectivity index (χ1n) is 8.45. The van der Waals surface area contributed by atoms with Gasteiger partial charge in [-0.25, -0.2) is 5.43 Å². The maximum atomic E-state index is 12.0. The van der Waals surface area contributed by atoms with Crippen molar-refractivity contribution in [3.63, 3.8) is 0 Å². The second kappa shape index (κ2) is 10.2. The van der Waals surface area contributed by atoms with E-state index in [-0.39, 0.29) is 17.9 Å². The van der Waals surface area contributed by atoms with E-state index >= 15 is 0 Å². The monoisotopic (exact) mass is 477 g/mol. The number of amides is 2. The first-order chi connectivity index (χ1) is 14.2. The minimum atomic E-state index is -0.795. The summed E-state index contributed by atoms with van der Waals surface area (Å²) in [6, 6.07) is 10.0. The second-order valence-corrected chi connectivity index (χ2v) is 7.04. The molecule has 0 saturated heterocycles. The molecular weight excluding hydrogens is 462 g/mol. The molecular formula is C18H16BrN5O6. The van der Waals surface area contributed by atoms with Crippen molar-refractivity contribution in [2.75, 3.05) is 5.32 Å². The molecule has 30 heavy (non-hydrogen) atoms. The summed E-state index contributed by atoms with van der Waals surface area (Å²) in [5.41, 5.74) is 2.15. The average Bonchev–Trinajstić information content (AvgIpc) is 2.66. The maximum absolute atomic E-state index is 12.0. The lowest BCUT2D eigenvalue weighted by Gasteiger charge is -2.06. The summed E-state index contributed by atoms with van der Waals surface area (Å²) in [5, 5.41) is 28.4. The van der Waals surface area contributed by atoms with Gasteiger partial charge >= 0.3 is 0 Å². The largest absolute Gasteiger partial charge is 0.326 e. The first kappa shape index (κ1) is 22.6. The van der Waals surface area contributed by atoms with Crippen LogP contribution in [-0.4, -0.2) is 27.4 Å². The number of hydrogen-bond donors (Lipinski definition) is 2. The van der Waals surface area contributed by atoms with Gasteiger partial charge in [0.2, 0.25) is 11.8 Å². The Labute approximate surface area is 178 Å². The van der Waals surface area contributed by atoms with E-state index in [1.165, 1.54) is 6.92 Å². The average molecular weight is 478 g/mol.